The molecule has 0 aliphatic carbocycles. The number of carbonyl (C=O) groups is 1. The largest absolute Gasteiger partial charge is 0.478 e. The molecule has 0 amide bonds. The summed E-state index contributed by atoms with van der Waals surface area (Å²) in [4.78, 5) is 29.3. The van der Waals surface area contributed by atoms with Gasteiger partial charge in [-0.15, -0.1) is 0 Å². The lowest BCUT2D eigenvalue weighted by Crippen LogP contribution is -2.08. The molecule has 29 heavy (non-hydrogen) atoms. The fourth-order valence-electron chi connectivity index (χ4n) is 2.78. The molecule has 2 heterocycles. The number of imidazole rings is 1. The second-order valence-electron chi connectivity index (χ2n) is 6.57. The Hall–Kier alpha value is -4.14. The summed E-state index contributed by atoms with van der Waals surface area (Å²) < 4.78 is 0. The predicted molar refractivity (Wildman–Crippen MR) is 112 cm³/mol. The van der Waals surface area contributed by atoms with Crippen LogP contribution in [0.4, 0.5) is 28.8 Å². The second kappa shape index (κ2) is 7.47. The first-order valence-corrected chi connectivity index (χ1v) is 8.85. The Labute approximate surface area is 166 Å². The predicted octanol–water partition coefficient (Wildman–Crippen LogP) is 3.60. The van der Waals surface area contributed by atoms with Crippen LogP contribution in [0.15, 0.2) is 54.9 Å². The molecular weight excluding hydrogens is 370 g/mol. The SMILES string of the molecule is CN(C)c1ccc(Nc2nc(Nc3ccc(C(=O)O)cc3)c3[nH]cnc3n2)cc1. The van der Waals surface area contributed by atoms with Crippen LogP contribution in [-0.4, -0.2) is 45.1 Å². The maximum Gasteiger partial charge on any atom is 0.335 e. The molecule has 4 aromatic rings. The van der Waals surface area contributed by atoms with Gasteiger partial charge in [-0.25, -0.2) is 9.78 Å². The molecule has 0 aliphatic rings. The zero-order valence-electron chi connectivity index (χ0n) is 15.8. The zero-order valence-corrected chi connectivity index (χ0v) is 15.8. The number of fused-ring (bicyclic) bond motifs is 1. The van der Waals surface area contributed by atoms with Crippen molar-refractivity contribution in [2.45, 2.75) is 0 Å². The van der Waals surface area contributed by atoms with E-state index in [1.165, 1.54) is 12.1 Å². The average molecular weight is 389 g/mol. The Morgan fingerprint density at radius 3 is 2.28 bits per heavy atom. The van der Waals surface area contributed by atoms with Crippen LogP contribution in [0.25, 0.3) is 11.2 Å². The number of rotatable bonds is 6. The summed E-state index contributed by atoms with van der Waals surface area (Å²) in [5.41, 5.74) is 4.02. The first kappa shape index (κ1) is 18.2. The van der Waals surface area contributed by atoms with Gasteiger partial charge < -0.3 is 25.6 Å². The van der Waals surface area contributed by atoms with E-state index in [0.29, 0.717) is 28.6 Å². The number of benzene rings is 2. The third kappa shape index (κ3) is 3.93. The van der Waals surface area contributed by atoms with Gasteiger partial charge in [0.1, 0.15) is 5.52 Å². The second-order valence-corrected chi connectivity index (χ2v) is 6.57. The maximum absolute atomic E-state index is 11.0. The summed E-state index contributed by atoms with van der Waals surface area (Å²) in [7, 11) is 3.97. The van der Waals surface area contributed by atoms with Gasteiger partial charge >= 0.3 is 5.97 Å². The zero-order chi connectivity index (χ0) is 20.4. The van der Waals surface area contributed by atoms with E-state index >= 15 is 0 Å². The van der Waals surface area contributed by atoms with Crippen molar-refractivity contribution in [1.82, 2.24) is 19.9 Å². The number of anilines is 5. The average Bonchev–Trinajstić information content (AvgIpc) is 3.18. The summed E-state index contributed by atoms with van der Waals surface area (Å²) in [5, 5.41) is 15.4. The van der Waals surface area contributed by atoms with Crippen LogP contribution >= 0.6 is 0 Å². The number of nitrogens with one attached hydrogen (secondary N) is 3. The van der Waals surface area contributed by atoms with Crippen LogP contribution in [-0.2, 0) is 0 Å². The molecule has 4 rings (SSSR count). The van der Waals surface area contributed by atoms with E-state index in [0.717, 1.165) is 11.4 Å². The highest BCUT2D eigenvalue weighted by atomic mass is 16.4. The van der Waals surface area contributed by atoms with Crippen molar-refractivity contribution in [3.05, 3.63) is 60.4 Å². The van der Waals surface area contributed by atoms with Crippen LogP contribution in [0.2, 0.25) is 0 Å². The molecule has 0 unspecified atom stereocenters. The van der Waals surface area contributed by atoms with Crippen LogP contribution in [0.3, 0.4) is 0 Å². The Morgan fingerprint density at radius 1 is 0.966 bits per heavy atom. The Kier molecular flexibility index (Phi) is 4.70. The fraction of sp³-hybridized carbons (Fsp3) is 0.100. The lowest BCUT2D eigenvalue weighted by Gasteiger charge is -2.13. The van der Waals surface area contributed by atoms with Crippen LogP contribution < -0.4 is 15.5 Å². The molecule has 0 aliphatic heterocycles. The third-order valence-electron chi connectivity index (χ3n) is 4.32. The van der Waals surface area contributed by atoms with Crippen molar-refractivity contribution in [1.29, 1.82) is 0 Å². The van der Waals surface area contributed by atoms with Gasteiger partial charge in [-0.3, -0.25) is 0 Å². The fourth-order valence-corrected chi connectivity index (χ4v) is 2.78. The highest BCUT2D eigenvalue weighted by molar-refractivity contribution is 5.89. The van der Waals surface area contributed by atoms with Crippen molar-refractivity contribution >= 4 is 46.0 Å². The van der Waals surface area contributed by atoms with Gasteiger partial charge in [0.25, 0.3) is 0 Å². The lowest BCUT2D eigenvalue weighted by molar-refractivity contribution is 0.0697. The van der Waals surface area contributed by atoms with Gasteiger partial charge in [0.2, 0.25) is 5.95 Å². The molecule has 0 saturated carbocycles. The van der Waals surface area contributed by atoms with E-state index in [1.807, 2.05) is 43.3 Å². The van der Waals surface area contributed by atoms with Crippen molar-refractivity contribution < 1.29 is 9.90 Å². The van der Waals surface area contributed by atoms with Crippen molar-refractivity contribution in [2.75, 3.05) is 29.6 Å². The minimum atomic E-state index is -0.971. The van der Waals surface area contributed by atoms with Crippen LogP contribution in [0.1, 0.15) is 10.4 Å². The summed E-state index contributed by atoms with van der Waals surface area (Å²) in [6.45, 7) is 0. The van der Waals surface area contributed by atoms with E-state index in [2.05, 4.69) is 30.6 Å². The quantitative estimate of drug-likeness (QED) is 0.395. The number of aromatic nitrogens is 4. The maximum atomic E-state index is 11.0. The number of hydrogen-bond acceptors (Lipinski definition) is 7. The summed E-state index contributed by atoms with van der Waals surface area (Å²) in [5.74, 6) is -0.0452. The summed E-state index contributed by atoms with van der Waals surface area (Å²) in [6.07, 6.45) is 1.55. The molecule has 0 atom stereocenters. The molecule has 2 aromatic heterocycles. The highest BCUT2D eigenvalue weighted by Crippen LogP contribution is 2.25. The van der Waals surface area contributed by atoms with E-state index in [9.17, 15) is 4.79 Å². The molecule has 0 saturated heterocycles. The minimum absolute atomic E-state index is 0.216. The van der Waals surface area contributed by atoms with Crippen molar-refractivity contribution in [3.8, 4) is 0 Å². The molecule has 0 radical (unpaired) electrons. The molecule has 0 bridgehead atoms. The van der Waals surface area contributed by atoms with E-state index in [-0.39, 0.29) is 5.56 Å². The molecule has 9 nitrogen and oxygen atoms in total. The molecule has 146 valence electrons. The summed E-state index contributed by atoms with van der Waals surface area (Å²) in [6, 6.07) is 14.3. The van der Waals surface area contributed by atoms with Crippen LogP contribution in [0.5, 0.6) is 0 Å². The van der Waals surface area contributed by atoms with Gasteiger partial charge in [-0.2, -0.15) is 9.97 Å². The molecule has 4 N–H and O–H groups in total. The Balaban J connectivity index is 1.62. The number of carboxylic acids is 1. The monoisotopic (exact) mass is 389 g/mol. The first-order chi connectivity index (χ1) is 14.0. The molecule has 2 aromatic carbocycles. The van der Waals surface area contributed by atoms with Crippen molar-refractivity contribution in [3.63, 3.8) is 0 Å². The molecule has 0 spiro atoms. The number of H-pyrrole nitrogens is 1. The smallest absolute Gasteiger partial charge is 0.335 e. The first-order valence-electron chi connectivity index (χ1n) is 8.85. The van der Waals surface area contributed by atoms with Crippen LogP contribution in [0, 0.1) is 0 Å². The van der Waals surface area contributed by atoms with Gasteiger partial charge in [-0.1, -0.05) is 0 Å². The number of nitrogens with zero attached hydrogens (tertiary/aromatic N) is 4. The van der Waals surface area contributed by atoms with E-state index in [1.54, 1.807) is 18.5 Å². The number of aromatic amines is 1. The van der Waals surface area contributed by atoms with E-state index < -0.39 is 5.97 Å². The normalized spacial score (nSPS) is 10.7. The van der Waals surface area contributed by atoms with Crippen molar-refractivity contribution in [2.24, 2.45) is 0 Å². The number of hydrogen-bond donors (Lipinski definition) is 4. The minimum Gasteiger partial charge on any atom is -0.478 e. The number of aromatic carboxylic acids is 1. The molecule has 9 heteroatoms. The number of carboxylic acid groups (broad SMARTS) is 1. The summed E-state index contributed by atoms with van der Waals surface area (Å²) >= 11 is 0. The standard InChI is InChI=1S/C20H19N7O2/c1-27(2)15-9-7-14(8-10-15)24-20-25-17-16(21-11-22-17)18(26-20)23-13-5-3-12(4-6-13)19(28)29/h3-11H,1-2H3,(H,28,29)(H3,21,22,23,24,25,26). The topological polar surface area (TPSA) is 119 Å². The van der Waals surface area contributed by atoms with Gasteiger partial charge in [0.15, 0.2) is 11.5 Å². The highest BCUT2D eigenvalue weighted by Gasteiger charge is 2.11. The third-order valence-corrected chi connectivity index (χ3v) is 4.32. The Bertz CT molecular complexity index is 1150. The molecule has 0 fully saturated rings. The Morgan fingerprint density at radius 2 is 1.62 bits per heavy atom. The van der Waals surface area contributed by atoms with Gasteiger partial charge in [0.05, 0.1) is 11.9 Å². The molecular formula is C20H19N7O2. The van der Waals surface area contributed by atoms with E-state index in [4.69, 9.17) is 5.11 Å². The lowest BCUT2D eigenvalue weighted by atomic mass is 10.2. The van der Waals surface area contributed by atoms with Gasteiger partial charge in [0, 0.05) is 31.2 Å². The van der Waals surface area contributed by atoms with Gasteiger partial charge in [-0.05, 0) is 48.5 Å².